The van der Waals surface area contributed by atoms with Crippen LogP contribution in [0.1, 0.15) is 38.5 Å². The fraction of sp³-hybridized carbons (Fsp3) is 1.00. The van der Waals surface area contributed by atoms with E-state index in [0.717, 1.165) is 32.0 Å². The molecule has 0 unspecified atom stereocenters. The monoisotopic (exact) mass is 268 g/mol. The maximum atomic E-state index is 9.61. The predicted molar refractivity (Wildman–Crippen MR) is 75.2 cm³/mol. The molecule has 0 radical (unpaired) electrons. The van der Waals surface area contributed by atoms with Crippen molar-refractivity contribution < 1.29 is 9.84 Å². The Bertz CT molecular complexity index is 269. The molecule has 0 amide bonds. The molecule has 2 heterocycles. The first-order valence-electron chi connectivity index (χ1n) is 8.05. The Hall–Kier alpha value is -0.160. The first-order valence-corrected chi connectivity index (χ1v) is 8.05. The van der Waals surface area contributed by atoms with Gasteiger partial charge in [-0.3, -0.25) is 4.90 Å². The van der Waals surface area contributed by atoms with Gasteiger partial charge in [-0.1, -0.05) is 0 Å². The minimum Gasteiger partial charge on any atom is -0.393 e. The lowest BCUT2D eigenvalue weighted by Gasteiger charge is -2.47. The third kappa shape index (κ3) is 3.48. The van der Waals surface area contributed by atoms with Gasteiger partial charge in [0.1, 0.15) is 0 Å². The highest BCUT2D eigenvalue weighted by atomic mass is 16.5. The van der Waals surface area contributed by atoms with E-state index in [4.69, 9.17) is 4.74 Å². The molecule has 2 aliphatic heterocycles. The highest BCUT2D eigenvalue weighted by Gasteiger charge is 2.37. The average Bonchev–Trinajstić information content (AvgIpc) is 2.44. The first-order chi connectivity index (χ1) is 9.33. The third-order valence-electron chi connectivity index (χ3n) is 5.14. The second-order valence-corrected chi connectivity index (χ2v) is 6.51. The van der Waals surface area contributed by atoms with Crippen molar-refractivity contribution in [2.45, 2.75) is 56.7 Å². The van der Waals surface area contributed by atoms with E-state index in [2.05, 4.69) is 10.2 Å². The van der Waals surface area contributed by atoms with Crippen molar-refractivity contribution in [1.82, 2.24) is 10.2 Å². The van der Waals surface area contributed by atoms with E-state index in [1.165, 1.54) is 45.3 Å². The van der Waals surface area contributed by atoms with Gasteiger partial charge in [0.05, 0.1) is 6.10 Å². The second kappa shape index (κ2) is 6.53. The van der Waals surface area contributed by atoms with Crippen LogP contribution in [0.15, 0.2) is 0 Å². The van der Waals surface area contributed by atoms with Crippen LogP contribution < -0.4 is 5.32 Å². The largest absolute Gasteiger partial charge is 0.393 e. The van der Waals surface area contributed by atoms with Gasteiger partial charge in [0.2, 0.25) is 0 Å². The lowest BCUT2D eigenvalue weighted by atomic mass is 9.84. The summed E-state index contributed by atoms with van der Waals surface area (Å²) >= 11 is 0. The highest BCUT2D eigenvalue weighted by Crippen LogP contribution is 2.31. The molecule has 2 saturated heterocycles. The molecule has 2 N–H and O–H groups in total. The molecule has 0 aromatic rings. The van der Waals surface area contributed by atoms with Crippen LogP contribution in [0.5, 0.6) is 0 Å². The van der Waals surface area contributed by atoms with Gasteiger partial charge in [0, 0.05) is 31.8 Å². The van der Waals surface area contributed by atoms with Crippen LogP contribution in [0, 0.1) is 5.92 Å². The first kappa shape index (κ1) is 13.8. The number of hydrogen-bond donors (Lipinski definition) is 2. The van der Waals surface area contributed by atoms with E-state index in [1.807, 2.05) is 0 Å². The van der Waals surface area contributed by atoms with E-state index in [1.54, 1.807) is 0 Å². The van der Waals surface area contributed by atoms with Crippen molar-refractivity contribution in [1.29, 1.82) is 0 Å². The van der Waals surface area contributed by atoms with Crippen molar-refractivity contribution in [2.24, 2.45) is 5.92 Å². The summed E-state index contributed by atoms with van der Waals surface area (Å²) in [7, 11) is 0. The molecule has 1 aliphatic carbocycles. The van der Waals surface area contributed by atoms with Gasteiger partial charge >= 0.3 is 0 Å². The molecule has 0 bridgehead atoms. The zero-order valence-electron chi connectivity index (χ0n) is 11.9. The summed E-state index contributed by atoms with van der Waals surface area (Å²) in [6.07, 6.45) is 6.92. The molecule has 4 nitrogen and oxygen atoms in total. The number of aliphatic hydroxyl groups is 1. The van der Waals surface area contributed by atoms with Gasteiger partial charge in [-0.15, -0.1) is 0 Å². The summed E-state index contributed by atoms with van der Waals surface area (Å²) < 4.78 is 5.51. The Morgan fingerprint density at radius 1 is 1.00 bits per heavy atom. The summed E-state index contributed by atoms with van der Waals surface area (Å²) in [4.78, 5) is 2.73. The third-order valence-corrected chi connectivity index (χ3v) is 5.14. The fourth-order valence-corrected chi connectivity index (χ4v) is 3.81. The Balaban J connectivity index is 1.58. The van der Waals surface area contributed by atoms with E-state index in [9.17, 15) is 5.11 Å². The van der Waals surface area contributed by atoms with Crippen LogP contribution in [-0.4, -0.2) is 61.0 Å². The Kier molecular flexibility index (Phi) is 4.74. The van der Waals surface area contributed by atoms with Gasteiger partial charge < -0.3 is 15.2 Å². The van der Waals surface area contributed by atoms with Crippen molar-refractivity contribution >= 4 is 0 Å². The van der Waals surface area contributed by atoms with E-state index < -0.39 is 0 Å². The van der Waals surface area contributed by atoms with Gasteiger partial charge in [-0.05, 0) is 57.5 Å². The van der Waals surface area contributed by atoms with E-state index in [0.29, 0.717) is 12.1 Å². The topological polar surface area (TPSA) is 44.7 Å². The second-order valence-electron chi connectivity index (χ2n) is 6.51. The molecule has 1 saturated carbocycles. The molecule has 3 fully saturated rings. The lowest BCUT2D eigenvalue weighted by molar-refractivity contribution is -0.0518. The van der Waals surface area contributed by atoms with Crippen molar-refractivity contribution in [3.8, 4) is 0 Å². The van der Waals surface area contributed by atoms with E-state index >= 15 is 0 Å². The minimum atomic E-state index is -0.0413. The fourth-order valence-electron chi connectivity index (χ4n) is 3.81. The normalized spacial score (nSPS) is 34.4. The summed E-state index contributed by atoms with van der Waals surface area (Å²) in [5.41, 5.74) is 0. The summed E-state index contributed by atoms with van der Waals surface area (Å²) in [5.74, 6) is 0.849. The molecular weight excluding hydrogens is 240 g/mol. The predicted octanol–water partition coefficient (Wildman–Crippen LogP) is 0.990. The van der Waals surface area contributed by atoms with Crippen LogP contribution in [0.25, 0.3) is 0 Å². The molecule has 0 spiro atoms. The maximum Gasteiger partial charge on any atom is 0.0570 e. The van der Waals surface area contributed by atoms with Crippen LogP contribution in [0.3, 0.4) is 0 Å². The smallest absolute Gasteiger partial charge is 0.0570 e. The molecule has 19 heavy (non-hydrogen) atoms. The van der Waals surface area contributed by atoms with Gasteiger partial charge in [-0.2, -0.15) is 0 Å². The van der Waals surface area contributed by atoms with Crippen LogP contribution in [0.4, 0.5) is 0 Å². The standard InChI is InChI=1S/C15H28N2O2/c18-15-9-14(10-15)17(13-3-7-19-8-4-13)11-12-1-5-16-6-2-12/h12-16,18H,1-11H2. The zero-order valence-corrected chi connectivity index (χ0v) is 11.9. The SMILES string of the molecule is OC1CC(N(CC2CCNCC2)C2CCOCC2)C1. The Morgan fingerprint density at radius 3 is 2.32 bits per heavy atom. The number of nitrogens with one attached hydrogen (secondary N) is 1. The Morgan fingerprint density at radius 2 is 1.68 bits per heavy atom. The summed E-state index contributed by atoms with van der Waals surface area (Å²) in [6.45, 7) is 5.44. The van der Waals surface area contributed by atoms with Crippen molar-refractivity contribution in [3.05, 3.63) is 0 Å². The molecule has 4 heteroatoms. The molecular formula is C15H28N2O2. The number of piperidine rings is 1. The summed E-state index contributed by atoms with van der Waals surface area (Å²) in [5, 5.41) is 13.1. The van der Waals surface area contributed by atoms with E-state index in [-0.39, 0.29) is 6.10 Å². The van der Waals surface area contributed by atoms with Crippen LogP contribution in [0.2, 0.25) is 0 Å². The highest BCUT2D eigenvalue weighted by molar-refractivity contribution is 4.92. The number of rotatable bonds is 4. The van der Waals surface area contributed by atoms with Gasteiger partial charge in [0.25, 0.3) is 0 Å². The number of aliphatic hydroxyl groups excluding tert-OH is 1. The molecule has 110 valence electrons. The van der Waals surface area contributed by atoms with Gasteiger partial charge in [0.15, 0.2) is 0 Å². The molecule has 0 aromatic heterocycles. The number of ether oxygens (including phenoxy) is 1. The zero-order chi connectivity index (χ0) is 13.1. The Labute approximate surface area is 116 Å². The van der Waals surface area contributed by atoms with Crippen LogP contribution >= 0.6 is 0 Å². The maximum absolute atomic E-state index is 9.61. The number of nitrogens with zero attached hydrogens (tertiary/aromatic N) is 1. The summed E-state index contributed by atoms with van der Waals surface area (Å²) in [6, 6.07) is 1.33. The molecule has 0 atom stereocenters. The van der Waals surface area contributed by atoms with Gasteiger partial charge in [-0.25, -0.2) is 0 Å². The molecule has 3 aliphatic rings. The minimum absolute atomic E-state index is 0.0413. The number of hydrogen-bond acceptors (Lipinski definition) is 4. The molecule has 3 rings (SSSR count). The van der Waals surface area contributed by atoms with Crippen molar-refractivity contribution in [2.75, 3.05) is 32.8 Å². The van der Waals surface area contributed by atoms with Crippen molar-refractivity contribution in [3.63, 3.8) is 0 Å². The lowest BCUT2D eigenvalue weighted by Crippen LogP contribution is -2.54. The average molecular weight is 268 g/mol. The molecule has 0 aromatic carbocycles. The quantitative estimate of drug-likeness (QED) is 0.798. The van der Waals surface area contributed by atoms with Crippen LogP contribution in [-0.2, 0) is 4.74 Å².